The highest BCUT2D eigenvalue weighted by molar-refractivity contribution is 5.78. The number of carbonyl (C=O) groups excluding carboxylic acids is 3. The van der Waals surface area contributed by atoms with Crippen LogP contribution in [0.15, 0.2) is 24.3 Å². The maximum absolute atomic E-state index is 12.1. The standard InChI is InChI=1S/C35H62O5/c1-3-5-7-9-11-13-15-17-25-31-39-34(37)29-23-19-21-27-33(36)28-22-20-24-30-35(38)40-32-26-18-16-14-12-10-8-6-4-2/h17-18,25-26H,3-16,19-24,27-32H2,1-2H3/b25-17-,26-18-. The molecule has 0 spiro atoms. The number of hydrogen-bond acceptors (Lipinski definition) is 5. The van der Waals surface area contributed by atoms with E-state index in [1.54, 1.807) is 0 Å². The van der Waals surface area contributed by atoms with Crippen LogP contribution in [0.4, 0.5) is 0 Å². The molecule has 0 heterocycles. The molecule has 0 saturated carbocycles. The van der Waals surface area contributed by atoms with Gasteiger partial charge < -0.3 is 9.47 Å². The minimum atomic E-state index is -0.154. The van der Waals surface area contributed by atoms with Crippen LogP contribution in [0.3, 0.4) is 0 Å². The van der Waals surface area contributed by atoms with Gasteiger partial charge in [-0.1, -0.05) is 115 Å². The van der Waals surface area contributed by atoms with Gasteiger partial charge in [-0.3, -0.25) is 14.4 Å². The van der Waals surface area contributed by atoms with Gasteiger partial charge >= 0.3 is 11.9 Å². The molecule has 5 nitrogen and oxygen atoms in total. The summed E-state index contributed by atoms with van der Waals surface area (Å²) < 4.78 is 10.5. The molecule has 0 saturated heterocycles. The Morgan fingerprint density at radius 1 is 0.425 bits per heavy atom. The molecule has 0 atom stereocenters. The number of hydrogen-bond donors (Lipinski definition) is 0. The van der Waals surface area contributed by atoms with Crippen LogP contribution in [0.1, 0.15) is 168 Å². The molecule has 0 N–H and O–H groups in total. The van der Waals surface area contributed by atoms with Gasteiger partial charge in [-0.05, 0) is 51.4 Å². The first-order valence-corrected chi connectivity index (χ1v) is 16.7. The summed E-state index contributed by atoms with van der Waals surface area (Å²) in [6, 6.07) is 0. The highest BCUT2D eigenvalue weighted by Gasteiger charge is 2.06. The average Bonchev–Trinajstić information content (AvgIpc) is 2.94. The lowest BCUT2D eigenvalue weighted by Crippen LogP contribution is -2.05. The van der Waals surface area contributed by atoms with Gasteiger partial charge in [0.05, 0.1) is 0 Å². The molecule has 0 rings (SSSR count). The lowest BCUT2D eigenvalue weighted by atomic mass is 10.0. The van der Waals surface area contributed by atoms with Crippen LogP contribution in [0.5, 0.6) is 0 Å². The molecule has 0 unspecified atom stereocenters. The van der Waals surface area contributed by atoms with Gasteiger partial charge in [0.25, 0.3) is 0 Å². The first-order valence-electron chi connectivity index (χ1n) is 16.7. The molecule has 0 aromatic rings. The molecule has 0 radical (unpaired) electrons. The highest BCUT2D eigenvalue weighted by Crippen LogP contribution is 2.11. The quantitative estimate of drug-likeness (QED) is 0.0495. The molecule has 0 aromatic carbocycles. The fourth-order valence-electron chi connectivity index (χ4n) is 4.54. The summed E-state index contributed by atoms with van der Waals surface area (Å²) in [4.78, 5) is 35.7. The minimum Gasteiger partial charge on any atom is -0.461 e. The van der Waals surface area contributed by atoms with Crippen molar-refractivity contribution in [2.24, 2.45) is 0 Å². The molecule has 232 valence electrons. The second kappa shape index (κ2) is 31.6. The summed E-state index contributed by atoms with van der Waals surface area (Å²) in [5.41, 5.74) is 0. The molecule has 0 aliphatic rings. The lowest BCUT2D eigenvalue weighted by Gasteiger charge is -2.04. The summed E-state index contributed by atoms with van der Waals surface area (Å²) in [6.45, 7) is 5.19. The summed E-state index contributed by atoms with van der Waals surface area (Å²) in [7, 11) is 0. The summed E-state index contributed by atoms with van der Waals surface area (Å²) >= 11 is 0. The first-order chi connectivity index (χ1) is 19.6. The van der Waals surface area contributed by atoms with Gasteiger partial charge in [0.15, 0.2) is 0 Å². The monoisotopic (exact) mass is 562 g/mol. The predicted molar refractivity (Wildman–Crippen MR) is 167 cm³/mol. The van der Waals surface area contributed by atoms with E-state index in [2.05, 4.69) is 26.0 Å². The van der Waals surface area contributed by atoms with E-state index in [4.69, 9.17) is 9.47 Å². The van der Waals surface area contributed by atoms with Gasteiger partial charge in [0.1, 0.15) is 19.0 Å². The predicted octanol–water partition coefficient (Wildman–Crippen LogP) is 10.2. The maximum atomic E-state index is 12.1. The Morgan fingerprint density at radius 3 is 1.20 bits per heavy atom. The van der Waals surface area contributed by atoms with Crippen molar-refractivity contribution >= 4 is 17.7 Å². The second-order valence-electron chi connectivity index (χ2n) is 11.1. The van der Waals surface area contributed by atoms with E-state index < -0.39 is 0 Å². The van der Waals surface area contributed by atoms with Crippen LogP contribution in [0, 0.1) is 0 Å². The number of ether oxygens (including phenoxy) is 2. The first kappa shape index (κ1) is 38.1. The number of unbranched alkanes of at least 4 members (excludes halogenated alkanes) is 16. The van der Waals surface area contributed by atoms with Crippen molar-refractivity contribution in [2.75, 3.05) is 13.2 Å². The molecule has 0 fully saturated rings. The van der Waals surface area contributed by atoms with Crippen LogP contribution >= 0.6 is 0 Å². The Labute approximate surface area is 246 Å². The van der Waals surface area contributed by atoms with E-state index >= 15 is 0 Å². The largest absolute Gasteiger partial charge is 0.461 e. The molecule has 0 aliphatic heterocycles. The van der Waals surface area contributed by atoms with Crippen molar-refractivity contribution in [1.29, 1.82) is 0 Å². The fourth-order valence-corrected chi connectivity index (χ4v) is 4.54. The van der Waals surface area contributed by atoms with Crippen LogP contribution in [0.25, 0.3) is 0 Å². The third kappa shape index (κ3) is 30.6. The molecule has 0 aliphatic carbocycles. The summed E-state index contributed by atoms with van der Waals surface area (Å²) in [5, 5.41) is 0. The minimum absolute atomic E-state index is 0.154. The number of carbonyl (C=O) groups is 3. The summed E-state index contributed by atoms with van der Waals surface area (Å²) in [6.07, 6.45) is 32.6. The third-order valence-electron chi connectivity index (χ3n) is 7.14. The number of ketones is 1. The van der Waals surface area contributed by atoms with Gasteiger partial charge in [-0.2, -0.15) is 0 Å². The molecule has 5 heteroatoms. The van der Waals surface area contributed by atoms with E-state index in [0.29, 0.717) is 38.9 Å². The SMILES string of the molecule is CCCCCCCC/C=C\COC(=O)CCCCCC(=O)CCCCCC(=O)OC/C=C\CCCCCCCC. The Bertz CT molecular complexity index is 598. The van der Waals surface area contributed by atoms with Crippen molar-refractivity contribution in [3.63, 3.8) is 0 Å². The zero-order chi connectivity index (χ0) is 29.4. The Morgan fingerprint density at radius 2 is 0.775 bits per heavy atom. The molecule has 0 aromatic heterocycles. The normalized spacial score (nSPS) is 11.4. The molecule has 0 amide bonds. The van der Waals surface area contributed by atoms with Crippen LogP contribution in [-0.4, -0.2) is 30.9 Å². The Hall–Kier alpha value is -1.91. The van der Waals surface area contributed by atoms with Crippen molar-refractivity contribution in [3.05, 3.63) is 24.3 Å². The van der Waals surface area contributed by atoms with Crippen LogP contribution in [0.2, 0.25) is 0 Å². The van der Waals surface area contributed by atoms with Crippen LogP contribution in [-0.2, 0) is 23.9 Å². The number of Topliss-reactive ketones (excluding diaryl/α,β-unsaturated/α-hetero) is 1. The van der Waals surface area contributed by atoms with E-state index in [-0.39, 0.29) is 17.7 Å². The van der Waals surface area contributed by atoms with Gasteiger partial charge in [0, 0.05) is 25.7 Å². The molecular formula is C35H62O5. The van der Waals surface area contributed by atoms with Crippen LogP contribution < -0.4 is 0 Å². The number of rotatable bonds is 30. The van der Waals surface area contributed by atoms with Gasteiger partial charge in [-0.25, -0.2) is 0 Å². The zero-order valence-corrected chi connectivity index (χ0v) is 26.2. The van der Waals surface area contributed by atoms with Gasteiger partial charge in [-0.15, -0.1) is 0 Å². The van der Waals surface area contributed by atoms with E-state index in [0.717, 1.165) is 51.4 Å². The van der Waals surface area contributed by atoms with E-state index in [1.165, 1.54) is 77.0 Å². The third-order valence-corrected chi connectivity index (χ3v) is 7.14. The molecular weight excluding hydrogens is 500 g/mol. The highest BCUT2D eigenvalue weighted by atomic mass is 16.5. The van der Waals surface area contributed by atoms with E-state index in [9.17, 15) is 14.4 Å². The fraction of sp³-hybridized carbons (Fsp3) is 0.800. The second-order valence-corrected chi connectivity index (χ2v) is 11.1. The molecule has 40 heavy (non-hydrogen) atoms. The van der Waals surface area contributed by atoms with Crippen molar-refractivity contribution < 1.29 is 23.9 Å². The maximum Gasteiger partial charge on any atom is 0.306 e. The van der Waals surface area contributed by atoms with E-state index in [1.807, 2.05) is 12.2 Å². The van der Waals surface area contributed by atoms with Crippen molar-refractivity contribution in [2.45, 2.75) is 168 Å². The zero-order valence-electron chi connectivity index (χ0n) is 26.2. The smallest absolute Gasteiger partial charge is 0.306 e. The average molecular weight is 563 g/mol. The Kier molecular flexibility index (Phi) is 30.1. The number of esters is 2. The van der Waals surface area contributed by atoms with Crippen molar-refractivity contribution in [3.8, 4) is 0 Å². The molecule has 0 bridgehead atoms. The number of allylic oxidation sites excluding steroid dienone is 2. The Balaban J connectivity index is 3.46. The van der Waals surface area contributed by atoms with Gasteiger partial charge in [0.2, 0.25) is 0 Å². The topological polar surface area (TPSA) is 69.7 Å². The lowest BCUT2D eigenvalue weighted by molar-refractivity contribution is -0.143. The summed E-state index contributed by atoms with van der Waals surface area (Å²) in [5.74, 6) is -0.0346. The van der Waals surface area contributed by atoms with Crippen molar-refractivity contribution in [1.82, 2.24) is 0 Å².